The number of nitrogens with one attached hydrogen (secondary N) is 2. The lowest BCUT2D eigenvalue weighted by Gasteiger charge is -2.53. The molecule has 2 unspecified atom stereocenters. The normalized spacial score (nSPS) is 23.2. The van der Waals surface area contributed by atoms with Gasteiger partial charge >= 0.3 is 5.97 Å². The largest absolute Gasteiger partial charge is 0.481 e. The van der Waals surface area contributed by atoms with Gasteiger partial charge in [-0.2, -0.15) is 0 Å². The molecule has 734 valence electrons. The fourth-order valence-electron chi connectivity index (χ4n) is 13.1. The van der Waals surface area contributed by atoms with Crippen molar-refractivity contribution in [1.82, 2.24) is 10.6 Å². The molecule has 8 aliphatic carbocycles. The summed E-state index contributed by atoms with van der Waals surface area (Å²) in [5.74, 6) is 12.7. The second-order valence-corrected chi connectivity index (χ2v) is 43.7. The van der Waals surface area contributed by atoms with Gasteiger partial charge < -0.3 is 45.9 Å². The van der Waals surface area contributed by atoms with Crippen LogP contribution in [0.3, 0.4) is 0 Å². The van der Waals surface area contributed by atoms with Crippen LogP contribution in [0.25, 0.3) is 0 Å². The maximum Gasteiger partial charge on any atom is 0.309 e. The molecule has 2 saturated heterocycles. The Morgan fingerprint density at radius 2 is 0.815 bits per heavy atom. The number of carboxylic acids is 1. The van der Waals surface area contributed by atoms with Crippen molar-refractivity contribution >= 4 is 19.1 Å². The first-order chi connectivity index (χ1) is 53.4. The molecule has 12 heteroatoms. The van der Waals surface area contributed by atoms with Crippen LogP contribution in [-0.4, -0.2) is 106 Å². The first-order valence-corrected chi connectivity index (χ1v) is 51.8. The van der Waals surface area contributed by atoms with Crippen LogP contribution < -0.4 is 10.6 Å². The summed E-state index contributed by atoms with van der Waals surface area (Å²) in [6, 6.07) is 0. The molecule has 10 aliphatic rings. The lowest BCUT2D eigenvalue weighted by Crippen LogP contribution is -2.59. The molecule has 0 amide bonds. The minimum absolute atomic E-state index is 0. The Bertz CT molecular complexity index is 1920. The fraction of sp³-hybridized carbons (Fsp3) is 0.981. The number of ketones is 1. The highest BCUT2D eigenvalue weighted by Crippen LogP contribution is 2.51. The van der Waals surface area contributed by atoms with Gasteiger partial charge in [0.25, 0.3) is 0 Å². The maximum absolute atomic E-state index is 10.8. The van der Waals surface area contributed by atoms with Crippen LogP contribution in [0, 0.1) is 99.1 Å². The van der Waals surface area contributed by atoms with E-state index in [4.69, 9.17) is 30.4 Å². The van der Waals surface area contributed by atoms with Crippen LogP contribution in [0.1, 0.15) is 522 Å². The molecule has 11 nitrogen and oxygen atoms in total. The summed E-state index contributed by atoms with van der Waals surface area (Å²) in [4.78, 5) is 29.2. The van der Waals surface area contributed by atoms with E-state index in [0.717, 1.165) is 152 Å². The second-order valence-electron chi connectivity index (χ2n) is 41.2. The molecule has 0 aromatic heterocycles. The number of aliphatic carboxylic acids is 1. The molecule has 1 spiro atoms. The predicted molar refractivity (Wildman–Crippen MR) is 544 cm³/mol. The van der Waals surface area contributed by atoms with E-state index < -0.39 is 24.4 Å². The van der Waals surface area contributed by atoms with Crippen molar-refractivity contribution in [1.29, 1.82) is 0 Å². The summed E-state index contributed by atoms with van der Waals surface area (Å²) in [6.45, 7) is 79.0. The molecule has 8 N–H and O–H groups in total. The zero-order chi connectivity index (χ0) is 90.8. The van der Waals surface area contributed by atoms with Crippen molar-refractivity contribution < 1.29 is 44.6 Å². The summed E-state index contributed by atoms with van der Waals surface area (Å²) in [5.41, 5.74) is 0.756. The lowest BCUT2D eigenvalue weighted by atomic mass is 9.59. The Hall–Kier alpha value is -0.910. The molecule has 2 aliphatic heterocycles. The average molecular weight is 1730 g/mol. The van der Waals surface area contributed by atoms with E-state index in [-0.39, 0.29) is 47.7 Å². The number of carbonyl (C=O) groups excluding carboxylic acids is 1. The molecule has 0 aromatic carbocycles. The van der Waals surface area contributed by atoms with Gasteiger partial charge in [0.2, 0.25) is 0 Å². The molecule has 4 atom stereocenters. The van der Waals surface area contributed by atoms with E-state index in [0.29, 0.717) is 25.1 Å². The minimum Gasteiger partial charge on any atom is -0.481 e. The molecule has 10 fully saturated rings. The van der Waals surface area contributed by atoms with E-state index in [2.05, 4.69) is 163 Å². The van der Waals surface area contributed by atoms with Crippen molar-refractivity contribution in [3.8, 4) is 0 Å². The molecular weight excluding hydrogens is 1490 g/mol. The van der Waals surface area contributed by atoms with Crippen molar-refractivity contribution in [3.63, 3.8) is 0 Å². The van der Waals surface area contributed by atoms with Crippen LogP contribution in [0.15, 0.2) is 0 Å². The molecule has 0 aromatic rings. The summed E-state index contributed by atoms with van der Waals surface area (Å²) in [7, 11) is -2.67. The maximum atomic E-state index is 10.8. The van der Waals surface area contributed by atoms with Gasteiger partial charge in [-0.05, 0) is 244 Å². The molecule has 119 heavy (non-hydrogen) atoms. The third kappa shape index (κ3) is 113. The Kier molecular flexibility index (Phi) is 111. The van der Waals surface area contributed by atoms with Gasteiger partial charge in [-0.25, -0.2) is 0 Å². The van der Waals surface area contributed by atoms with Gasteiger partial charge in [0.1, 0.15) is 5.78 Å². The molecule has 2 heterocycles. The van der Waals surface area contributed by atoms with E-state index >= 15 is 0 Å². The molecule has 0 bridgehead atoms. The zero-order valence-electron chi connectivity index (χ0n) is 85.1. The van der Waals surface area contributed by atoms with E-state index in [9.17, 15) is 14.2 Å². The average Bonchev–Trinajstić information content (AvgIpc) is 1.48. The number of carboxylic acid groups (broad SMARTS) is 1. The van der Waals surface area contributed by atoms with Gasteiger partial charge in [0.05, 0.1) is 23.2 Å². The summed E-state index contributed by atoms with van der Waals surface area (Å²) >= 11 is 0. The highest BCUT2D eigenvalue weighted by Gasteiger charge is 2.46. The number of Topliss-reactive ketones (excluding diaryl/α,β-unsaturated/α-hetero) is 1. The van der Waals surface area contributed by atoms with Crippen LogP contribution >= 0.6 is 7.37 Å². The molecule has 10 rings (SSSR count). The smallest absolute Gasteiger partial charge is 0.309 e. The third-order valence-electron chi connectivity index (χ3n) is 24.5. The Morgan fingerprint density at radius 1 is 0.479 bits per heavy atom. The highest BCUT2D eigenvalue weighted by molar-refractivity contribution is 7.57. The second kappa shape index (κ2) is 91.8. The van der Waals surface area contributed by atoms with E-state index in [1.165, 1.54) is 219 Å². The van der Waals surface area contributed by atoms with Gasteiger partial charge in [0, 0.05) is 38.9 Å². The number of carbonyl (C=O) groups is 2. The number of hydrogen-bond acceptors (Lipinski definition) is 9. The molecular formula is C107H237N2O9P. The Labute approximate surface area is 754 Å². The van der Waals surface area contributed by atoms with Gasteiger partial charge in [-0.3, -0.25) is 9.36 Å². The van der Waals surface area contributed by atoms with Crippen LogP contribution in [0.4, 0.5) is 0 Å². The van der Waals surface area contributed by atoms with Crippen LogP contribution in [0.2, 0.25) is 0 Å². The van der Waals surface area contributed by atoms with E-state index in [1.807, 2.05) is 55.4 Å². The standard InChI is InChI=1S/C9H16O2.C8H16.C7H13N.3C7H14.C6H12.C6H14.C5H11N.3C5H12O.C5H10.C5H12.C4H11O2P.C4H10O.C4H8O.C4H10.4CH4/c1-7-3-5-9(2,6-4-7)8(10)11;1-7-3-5-8(2)6-4-7;1-6-2-7(3-6)4-8-5-7;2*1-7-5-3-2-4-6-7;1-3-7(4-2)5-6-7;1-5-3-6(2)4-5;1-4-5-6(2)3;1-5-2-3-6-4-5;1-4-5(2,3)6;1-3-5(2)4-6;1-3-5(6)4-2;1-5-3-2-4-5;1-4-5(2)3;1-3-4-7(2,5)6;2*1-3-4(2)5;1-4(2)3;;;;/h7H,3-6H2,1-2H3,(H,10,11);7-8H,3-6H2,1-2H3;6,8H,2-5H2,1H3;2*7H,2-6H2,1H3;3-6H2,1-2H3;5-6H,3-4H2,1-2H3;6H,4-5H2,1-3H3;5-6H,2-4H2,1H3;6H,4H2,1-3H3;2*5-6H,3-4H2,1-2H3;5H,2-4H2,1H3;5H,4H2,1-3H3;3-4H2,1-2H3,(H,5,6);4-5H,3H2,1-2H3;3H2,1-2H3;4H,1-3H3;4*1H4/t;;;;;;;;5-;;5-;;;;;;;;;;;/m........0.1.........../s1. The Balaban J connectivity index is -0.000000102. The summed E-state index contributed by atoms with van der Waals surface area (Å²) in [6.07, 6.45) is 52.5. The summed E-state index contributed by atoms with van der Waals surface area (Å²) < 4.78 is 10.4. The van der Waals surface area contributed by atoms with Crippen molar-refractivity contribution in [2.45, 2.75) is 540 Å². The van der Waals surface area contributed by atoms with Gasteiger partial charge in [0.15, 0.2) is 7.37 Å². The number of aliphatic hydroxyl groups is 4. The van der Waals surface area contributed by atoms with Crippen LogP contribution in [-0.2, 0) is 14.2 Å². The summed E-state index contributed by atoms with van der Waals surface area (Å²) in [5, 5.41) is 49.7. The quantitative estimate of drug-likeness (QED) is 0.0727. The lowest BCUT2D eigenvalue weighted by molar-refractivity contribution is -0.150. The van der Waals surface area contributed by atoms with Gasteiger partial charge in [-0.15, -0.1) is 0 Å². The van der Waals surface area contributed by atoms with Crippen molar-refractivity contribution in [2.24, 2.45) is 99.1 Å². The zero-order valence-corrected chi connectivity index (χ0v) is 86.0. The predicted octanol–water partition coefficient (Wildman–Crippen LogP) is 33.5. The Morgan fingerprint density at radius 3 is 0.899 bits per heavy atom. The van der Waals surface area contributed by atoms with Crippen molar-refractivity contribution in [3.05, 3.63) is 0 Å². The molecule has 8 saturated carbocycles. The first-order valence-electron chi connectivity index (χ1n) is 49.5. The minimum atomic E-state index is -2.67. The first kappa shape index (κ1) is 144. The highest BCUT2D eigenvalue weighted by atomic mass is 31.2. The monoisotopic (exact) mass is 1730 g/mol. The SMILES string of the molecule is C.C.C.C.CC(C)C.CC1CC(C)C1.CC1CC2(CNC2)C1.CC1CCC(C)(C(=O)O)CC1.CC1CCC(C)CC1.CC1CCC1.CC1CCCCC1.CC1CCCCC1.CCC(C)(C)O.CCC(C)=O.CCC(C)C.CCC(C)O.CCC(O)CC.CCC1(CC)CC1.CCCC(C)C.CCCP(C)(=O)O.CC[C@@H](C)CO.C[C@H]1CCNC1. The fourth-order valence-corrected chi connectivity index (χ4v) is 13.9. The van der Waals surface area contributed by atoms with Crippen molar-refractivity contribution in [2.75, 3.05) is 45.6 Å². The third-order valence-corrected chi connectivity index (χ3v) is 25.8. The van der Waals surface area contributed by atoms with E-state index in [1.54, 1.807) is 27.7 Å². The van der Waals surface area contributed by atoms with Crippen LogP contribution in [0.5, 0.6) is 0 Å². The number of rotatable bonds is 15. The molecule has 0 radical (unpaired) electrons. The number of aliphatic hydroxyl groups excluding tert-OH is 3. The van der Waals surface area contributed by atoms with Gasteiger partial charge in [-0.1, -0.05) is 378 Å². The number of hydrogen-bond donors (Lipinski definition) is 8. The topological polar surface area (TPSA) is 197 Å².